The van der Waals surface area contributed by atoms with E-state index in [-0.39, 0.29) is 23.7 Å². The van der Waals surface area contributed by atoms with Crippen LogP contribution >= 0.6 is 11.8 Å². The van der Waals surface area contributed by atoms with Crippen LogP contribution in [0.1, 0.15) is 6.92 Å². The van der Waals surface area contributed by atoms with Crippen LogP contribution in [0.3, 0.4) is 0 Å². The van der Waals surface area contributed by atoms with E-state index < -0.39 is 0 Å². The Morgan fingerprint density at radius 3 is 2.38 bits per heavy atom. The summed E-state index contributed by atoms with van der Waals surface area (Å²) in [4.78, 5) is 29.3. The molecule has 0 saturated carbocycles. The fraction of sp³-hybridized carbons (Fsp3) is 0.136. The quantitative estimate of drug-likeness (QED) is 0.547. The minimum atomic E-state index is -0.295. The van der Waals surface area contributed by atoms with Gasteiger partial charge in [-0.1, -0.05) is 24.3 Å². The number of hydrogen-bond donors (Lipinski definition) is 2. The predicted molar refractivity (Wildman–Crippen MR) is 115 cm³/mol. The maximum absolute atomic E-state index is 12.3. The maximum Gasteiger partial charge on any atom is 0.262 e. The third kappa shape index (κ3) is 6.65. The highest BCUT2D eigenvalue weighted by atomic mass is 32.2. The second-order valence-electron chi connectivity index (χ2n) is 6.14. The first-order chi connectivity index (χ1) is 14.1. The molecule has 2 N–H and O–H groups in total. The number of anilines is 2. The minimum Gasteiger partial charge on any atom is -0.484 e. The predicted octanol–water partition coefficient (Wildman–Crippen LogP) is 4.22. The van der Waals surface area contributed by atoms with Crippen molar-refractivity contribution in [3.8, 4) is 5.75 Å². The summed E-state index contributed by atoms with van der Waals surface area (Å²) in [5.74, 6) is 0.814. The van der Waals surface area contributed by atoms with Gasteiger partial charge in [0.2, 0.25) is 5.91 Å². The molecule has 0 fully saturated rings. The number of carbonyl (C=O) groups excluding carboxylic acids is 2. The zero-order valence-corrected chi connectivity index (χ0v) is 16.7. The van der Waals surface area contributed by atoms with Crippen LogP contribution in [0.5, 0.6) is 5.75 Å². The summed E-state index contributed by atoms with van der Waals surface area (Å²) in [6.45, 7) is 1.77. The molecule has 0 bridgehead atoms. The first-order valence-corrected chi connectivity index (χ1v) is 9.94. The molecular weight excluding hydrogens is 386 g/mol. The number of ether oxygens (including phenoxy) is 1. The topological polar surface area (TPSA) is 80.3 Å². The molecule has 2 aromatic carbocycles. The largest absolute Gasteiger partial charge is 0.484 e. The lowest BCUT2D eigenvalue weighted by molar-refractivity contribution is -0.118. The molecule has 1 heterocycles. The number of thioether (sulfide) groups is 1. The molecule has 3 aromatic rings. The van der Waals surface area contributed by atoms with Gasteiger partial charge in [0, 0.05) is 16.8 Å². The van der Waals surface area contributed by atoms with Gasteiger partial charge >= 0.3 is 0 Å². The van der Waals surface area contributed by atoms with Crippen LogP contribution in [0.2, 0.25) is 0 Å². The number of amides is 2. The summed E-state index contributed by atoms with van der Waals surface area (Å²) in [7, 11) is 0. The highest BCUT2D eigenvalue weighted by Crippen LogP contribution is 2.25. The summed E-state index contributed by atoms with van der Waals surface area (Å²) in [5.41, 5.74) is 0.668. The van der Waals surface area contributed by atoms with Crippen LogP contribution in [-0.2, 0) is 9.59 Å². The van der Waals surface area contributed by atoms with Crippen molar-refractivity contribution in [1.82, 2.24) is 4.98 Å². The van der Waals surface area contributed by atoms with E-state index in [9.17, 15) is 9.59 Å². The molecule has 1 aromatic heterocycles. The second-order valence-corrected chi connectivity index (χ2v) is 7.55. The molecule has 29 heavy (non-hydrogen) atoms. The van der Waals surface area contributed by atoms with Crippen molar-refractivity contribution in [3.05, 3.63) is 79.0 Å². The van der Waals surface area contributed by atoms with Crippen LogP contribution in [0, 0.1) is 0 Å². The molecule has 1 unspecified atom stereocenters. The SMILES string of the molecule is CC(Sc1ccc(NC(=O)COc2ccccc2)cc1)C(=O)Nc1ccccn1. The molecule has 0 saturated heterocycles. The van der Waals surface area contributed by atoms with Crippen molar-refractivity contribution in [1.29, 1.82) is 0 Å². The summed E-state index contributed by atoms with van der Waals surface area (Å²) < 4.78 is 5.43. The molecular formula is C22H21N3O3S. The van der Waals surface area contributed by atoms with Gasteiger partial charge in [-0.05, 0) is 55.5 Å². The van der Waals surface area contributed by atoms with Crippen molar-refractivity contribution in [3.63, 3.8) is 0 Å². The lowest BCUT2D eigenvalue weighted by Crippen LogP contribution is -2.22. The van der Waals surface area contributed by atoms with Gasteiger partial charge < -0.3 is 15.4 Å². The van der Waals surface area contributed by atoms with Crippen LogP contribution in [0.15, 0.2) is 83.9 Å². The zero-order valence-electron chi connectivity index (χ0n) is 15.9. The van der Waals surface area contributed by atoms with E-state index in [1.165, 1.54) is 11.8 Å². The molecule has 148 valence electrons. The third-order valence-corrected chi connectivity index (χ3v) is 4.96. The molecule has 6 nitrogen and oxygen atoms in total. The molecule has 0 aliphatic heterocycles. The van der Waals surface area contributed by atoms with Gasteiger partial charge in [-0.2, -0.15) is 0 Å². The average Bonchev–Trinajstić information content (AvgIpc) is 2.75. The first-order valence-electron chi connectivity index (χ1n) is 9.06. The van der Waals surface area contributed by atoms with Crippen molar-refractivity contribution in [2.24, 2.45) is 0 Å². The lowest BCUT2D eigenvalue weighted by Gasteiger charge is -2.12. The van der Waals surface area contributed by atoms with Gasteiger partial charge in [-0.15, -0.1) is 11.8 Å². The van der Waals surface area contributed by atoms with E-state index in [1.54, 1.807) is 42.6 Å². The van der Waals surface area contributed by atoms with Gasteiger partial charge in [0.05, 0.1) is 5.25 Å². The van der Waals surface area contributed by atoms with Crippen LogP contribution in [0.4, 0.5) is 11.5 Å². The van der Waals surface area contributed by atoms with E-state index in [4.69, 9.17) is 4.74 Å². The number of rotatable bonds is 8. The monoisotopic (exact) mass is 407 g/mol. The molecule has 0 spiro atoms. The molecule has 3 rings (SSSR count). The Labute approximate surface area is 173 Å². The number of carbonyl (C=O) groups is 2. The Balaban J connectivity index is 1.46. The second kappa shape index (κ2) is 10.3. The van der Waals surface area contributed by atoms with E-state index in [0.717, 1.165) is 4.90 Å². The molecule has 1 atom stereocenters. The molecule has 0 aliphatic carbocycles. The fourth-order valence-corrected chi connectivity index (χ4v) is 3.27. The average molecular weight is 407 g/mol. The summed E-state index contributed by atoms with van der Waals surface area (Å²) >= 11 is 1.43. The van der Waals surface area contributed by atoms with Crippen molar-refractivity contribution in [2.45, 2.75) is 17.1 Å². The highest BCUT2D eigenvalue weighted by Gasteiger charge is 2.15. The Morgan fingerprint density at radius 2 is 1.69 bits per heavy atom. The first kappa shape index (κ1) is 20.4. The van der Waals surface area contributed by atoms with Crippen molar-refractivity contribution >= 4 is 35.1 Å². The van der Waals surface area contributed by atoms with Gasteiger partial charge in [0.15, 0.2) is 6.61 Å². The van der Waals surface area contributed by atoms with E-state index in [2.05, 4.69) is 15.6 Å². The minimum absolute atomic E-state index is 0.0642. The van der Waals surface area contributed by atoms with Crippen LogP contribution in [-0.4, -0.2) is 28.7 Å². The number of nitrogens with one attached hydrogen (secondary N) is 2. The third-order valence-electron chi connectivity index (χ3n) is 3.85. The number of hydrogen-bond acceptors (Lipinski definition) is 5. The number of aromatic nitrogens is 1. The zero-order chi connectivity index (χ0) is 20.5. The Hall–Kier alpha value is -3.32. The van der Waals surface area contributed by atoms with Gasteiger partial charge in [-0.25, -0.2) is 4.98 Å². The molecule has 7 heteroatoms. The lowest BCUT2D eigenvalue weighted by atomic mass is 10.3. The summed E-state index contributed by atoms with van der Waals surface area (Å²) in [5, 5.41) is 5.28. The number of pyridine rings is 1. The van der Waals surface area contributed by atoms with Crippen LogP contribution in [0.25, 0.3) is 0 Å². The van der Waals surface area contributed by atoms with Gasteiger partial charge in [-0.3, -0.25) is 9.59 Å². The normalized spacial score (nSPS) is 11.3. The summed E-state index contributed by atoms with van der Waals surface area (Å²) in [6.07, 6.45) is 1.63. The van der Waals surface area contributed by atoms with E-state index in [1.807, 2.05) is 43.3 Å². The summed E-state index contributed by atoms with van der Waals surface area (Å²) in [6, 6.07) is 21.9. The smallest absolute Gasteiger partial charge is 0.262 e. The van der Waals surface area contributed by atoms with Crippen molar-refractivity contribution < 1.29 is 14.3 Å². The van der Waals surface area contributed by atoms with Gasteiger partial charge in [0.1, 0.15) is 11.6 Å². The molecule has 2 amide bonds. The number of para-hydroxylation sites is 1. The fourth-order valence-electron chi connectivity index (χ4n) is 2.40. The Bertz CT molecular complexity index is 935. The molecule has 0 aliphatic rings. The van der Waals surface area contributed by atoms with E-state index >= 15 is 0 Å². The molecule has 0 radical (unpaired) electrons. The van der Waals surface area contributed by atoms with E-state index in [0.29, 0.717) is 17.3 Å². The highest BCUT2D eigenvalue weighted by molar-refractivity contribution is 8.00. The number of nitrogens with zero attached hydrogens (tertiary/aromatic N) is 1. The Morgan fingerprint density at radius 1 is 0.966 bits per heavy atom. The maximum atomic E-state index is 12.3. The Kier molecular flexibility index (Phi) is 7.24. The standard InChI is InChI=1S/C22H21N3O3S/c1-16(22(27)25-20-9-5-6-14-23-20)29-19-12-10-17(11-13-19)24-21(26)15-28-18-7-3-2-4-8-18/h2-14,16H,15H2,1H3,(H,24,26)(H,23,25,27). The van der Waals surface area contributed by atoms with Crippen molar-refractivity contribution in [2.75, 3.05) is 17.2 Å². The van der Waals surface area contributed by atoms with Gasteiger partial charge in [0.25, 0.3) is 5.91 Å². The van der Waals surface area contributed by atoms with Crippen LogP contribution < -0.4 is 15.4 Å². The number of benzene rings is 2.